The maximum Gasteiger partial charge on any atom is 0.420 e. The van der Waals surface area contributed by atoms with Gasteiger partial charge in [-0.2, -0.15) is 6.42 Å². The molecular formula is C20H32B2N2O6Y2-4. The number of ketones is 3. The molecule has 0 fully saturated rings. The summed E-state index contributed by atoms with van der Waals surface area (Å²) >= 11 is 0. The van der Waals surface area contributed by atoms with E-state index >= 15 is 0 Å². The second-order valence-electron chi connectivity index (χ2n) is 6.32. The first-order chi connectivity index (χ1) is 13.5. The number of nitrogens with zero attached hydrogens (tertiary/aromatic N) is 2. The zero-order valence-electron chi connectivity index (χ0n) is 20.1. The van der Waals surface area contributed by atoms with Crippen LogP contribution in [0.1, 0.15) is 60.3 Å². The van der Waals surface area contributed by atoms with Gasteiger partial charge in [-0.05, 0) is 0 Å². The van der Waals surface area contributed by atoms with Gasteiger partial charge in [0.05, 0.1) is 12.1 Å². The molecule has 12 heteroatoms. The van der Waals surface area contributed by atoms with Gasteiger partial charge in [-0.15, -0.1) is 23.2 Å². The van der Waals surface area contributed by atoms with Crippen LogP contribution in [0.5, 0.6) is 0 Å². The smallest absolute Gasteiger partial charge is 0.420 e. The molecule has 32 heavy (non-hydrogen) atoms. The van der Waals surface area contributed by atoms with Gasteiger partial charge < -0.3 is 35.6 Å². The van der Waals surface area contributed by atoms with Crippen LogP contribution in [0.25, 0.3) is 0 Å². The molecule has 0 aliphatic rings. The van der Waals surface area contributed by atoms with Crippen molar-refractivity contribution in [3.63, 3.8) is 0 Å². The summed E-state index contributed by atoms with van der Waals surface area (Å²) in [6.45, 7) is 16.2. The van der Waals surface area contributed by atoms with Crippen molar-refractivity contribution in [3.8, 4) is 0 Å². The SMILES string of the molecule is [B]O/N=C(/CC(=O)C(C)C)C(=O)C[CH2-].[B]O/N=C(/C[C-]=O)C(C)=O.[CH2-]CC(C)C.[CH3-].[Y].[Y]. The van der Waals surface area contributed by atoms with Gasteiger partial charge in [0.1, 0.15) is 11.5 Å². The monoisotopic (exact) mass is 596 g/mol. The number of hydrogen-bond acceptors (Lipinski definition) is 8. The third-order valence-electron chi connectivity index (χ3n) is 3.08. The Morgan fingerprint density at radius 1 is 0.969 bits per heavy atom. The van der Waals surface area contributed by atoms with E-state index in [1.165, 1.54) is 13.2 Å². The molecule has 0 heterocycles. The summed E-state index contributed by atoms with van der Waals surface area (Å²) in [6, 6.07) is 0. The van der Waals surface area contributed by atoms with E-state index in [4.69, 9.17) is 8.05 Å². The average Bonchev–Trinajstić information content (AvgIpc) is 2.67. The van der Waals surface area contributed by atoms with Crippen LogP contribution in [0.2, 0.25) is 0 Å². The predicted molar refractivity (Wildman–Crippen MR) is 120 cm³/mol. The van der Waals surface area contributed by atoms with Crippen molar-refractivity contribution >= 4 is 51.2 Å². The molecule has 0 N–H and O–H groups in total. The Labute approximate surface area is 246 Å². The Balaban J connectivity index is -0.0000000832. The fourth-order valence-electron chi connectivity index (χ4n) is 1.11. The van der Waals surface area contributed by atoms with Crippen molar-refractivity contribution in [2.24, 2.45) is 22.1 Å². The number of oxime groups is 2. The Hall–Kier alpha value is -0.0423. The molecule has 0 bridgehead atoms. The molecule has 0 aromatic heterocycles. The molecule has 0 spiro atoms. The van der Waals surface area contributed by atoms with Gasteiger partial charge in [0.2, 0.25) is 0 Å². The van der Waals surface area contributed by atoms with Gasteiger partial charge in [-0.25, -0.2) is 0 Å². The summed E-state index contributed by atoms with van der Waals surface area (Å²) in [5.41, 5.74) is -0.00120. The molecule has 0 rings (SSSR count). The minimum Gasteiger partial charge on any atom is -0.541 e. The molecule has 0 unspecified atom stereocenters. The molecule has 0 amide bonds. The third-order valence-corrected chi connectivity index (χ3v) is 3.08. The van der Waals surface area contributed by atoms with E-state index in [2.05, 4.69) is 55.6 Å². The third kappa shape index (κ3) is 30.0. The van der Waals surface area contributed by atoms with Crippen LogP contribution < -0.4 is 0 Å². The molecule has 0 aliphatic heterocycles. The van der Waals surface area contributed by atoms with Gasteiger partial charge in [0.15, 0.2) is 11.6 Å². The number of hydrogen-bond donors (Lipinski definition) is 0. The van der Waals surface area contributed by atoms with E-state index in [9.17, 15) is 19.2 Å². The molecule has 0 atom stereocenters. The maximum absolute atomic E-state index is 11.3. The van der Waals surface area contributed by atoms with E-state index < -0.39 is 0 Å². The molecule has 0 saturated carbocycles. The van der Waals surface area contributed by atoms with Crippen molar-refractivity contribution in [1.82, 2.24) is 0 Å². The van der Waals surface area contributed by atoms with Crippen LogP contribution in [0.3, 0.4) is 0 Å². The molecule has 0 saturated heterocycles. The number of Topliss-reactive ketones (excluding diaryl/α,β-unsaturated/α-hetero) is 3. The fourth-order valence-corrected chi connectivity index (χ4v) is 1.11. The summed E-state index contributed by atoms with van der Waals surface area (Å²) in [7, 11) is 9.23. The van der Waals surface area contributed by atoms with Crippen LogP contribution in [-0.4, -0.2) is 51.2 Å². The fraction of sp³-hybridized carbons (Fsp3) is 0.550. The van der Waals surface area contributed by atoms with E-state index in [0.29, 0.717) is 0 Å². The van der Waals surface area contributed by atoms with Crippen molar-refractivity contribution in [3.05, 3.63) is 21.3 Å². The number of carbonyl (C=O) groups is 3. The second kappa shape index (κ2) is 31.0. The molecule has 8 nitrogen and oxygen atoms in total. The minimum atomic E-state index is -0.353. The predicted octanol–water partition coefficient (Wildman–Crippen LogP) is 2.69. The Morgan fingerprint density at radius 3 is 1.62 bits per heavy atom. The van der Waals surface area contributed by atoms with Gasteiger partial charge >= 0.3 is 16.1 Å². The normalized spacial score (nSPS) is 9.91. The number of rotatable bonds is 11. The quantitative estimate of drug-likeness (QED) is 0.157. The van der Waals surface area contributed by atoms with Crippen molar-refractivity contribution in [2.45, 2.75) is 60.3 Å². The average molecular weight is 596 g/mol. The van der Waals surface area contributed by atoms with E-state index in [-0.39, 0.29) is 127 Å². The van der Waals surface area contributed by atoms with Gasteiger partial charge in [0, 0.05) is 78.3 Å². The van der Waals surface area contributed by atoms with Gasteiger partial charge in [-0.3, -0.25) is 20.7 Å². The van der Waals surface area contributed by atoms with Crippen LogP contribution in [0.15, 0.2) is 10.3 Å². The maximum atomic E-state index is 11.3. The topological polar surface area (TPSA) is 111 Å². The molecule has 174 valence electrons. The largest absolute Gasteiger partial charge is 0.541 e. The summed E-state index contributed by atoms with van der Waals surface area (Å²) in [5.74, 6) is -0.133. The van der Waals surface area contributed by atoms with Crippen LogP contribution in [0.4, 0.5) is 0 Å². The Bertz CT molecular complexity index is 572. The summed E-state index contributed by atoms with van der Waals surface area (Å²) < 4.78 is 7.80. The van der Waals surface area contributed by atoms with Crippen molar-refractivity contribution < 1.29 is 94.1 Å². The van der Waals surface area contributed by atoms with Gasteiger partial charge in [0.25, 0.3) is 0 Å². The van der Waals surface area contributed by atoms with Crippen molar-refractivity contribution in [2.75, 3.05) is 0 Å². The van der Waals surface area contributed by atoms with E-state index in [1.807, 2.05) is 0 Å². The molecule has 0 aliphatic carbocycles. The first-order valence-corrected chi connectivity index (χ1v) is 8.87. The minimum absolute atomic E-state index is 0. The second-order valence-corrected chi connectivity index (χ2v) is 6.32. The molecule has 0 aromatic rings. The zero-order chi connectivity index (χ0) is 23.4. The van der Waals surface area contributed by atoms with Crippen LogP contribution in [0, 0.1) is 33.1 Å². The Morgan fingerprint density at radius 2 is 1.38 bits per heavy atom. The summed E-state index contributed by atoms with van der Waals surface area (Å²) in [6.07, 6.45) is 2.35. The van der Waals surface area contributed by atoms with E-state index in [1.54, 1.807) is 13.8 Å². The first kappa shape index (κ1) is 45.5. The van der Waals surface area contributed by atoms with Gasteiger partial charge in [-0.1, -0.05) is 33.6 Å². The summed E-state index contributed by atoms with van der Waals surface area (Å²) in [5, 5.41) is 6.40. The standard InChI is InChI=1S/C9H13BNO3.C5H5BNO3.C5H11.CH3.2Y/c1-4-8(12)7(11-14-10)5-9(13)6(2)3;1-4(9)5(2-3-8)7-10-6;1-4-5(2)3;;;/h6H,1,4-5H2,2-3H3;2H2,1H3;5H,1,4H2,2-3H3;1H3;;/q4*-1;;/b11-7-;7-5-;;;;. The van der Waals surface area contributed by atoms with Crippen LogP contribution >= 0.6 is 0 Å². The molecular weight excluding hydrogens is 564 g/mol. The number of carbonyl (C=O) groups excluding carboxylic acids is 4. The van der Waals surface area contributed by atoms with Crippen molar-refractivity contribution in [1.29, 1.82) is 0 Å². The van der Waals surface area contributed by atoms with E-state index in [0.717, 1.165) is 12.3 Å². The Kier molecular flexibility index (Phi) is 44.0. The molecule has 6 radical (unpaired) electrons. The summed E-state index contributed by atoms with van der Waals surface area (Å²) in [4.78, 5) is 42.7. The first-order valence-electron chi connectivity index (χ1n) is 8.87. The molecule has 0 aromatic carbocycles. The zero-order valence-corrected chi connectivity index (χ0v) is 25.7. The van der Waals surface area contributed by atoms with Crippen LogP contribution in [-0.2, 0) is 94.1 Å².